The zero-order valence-electron chi connectivity index (χ0n) is 22.0. The predicted octanol–water partition coefficient (Wildman–Crippen LogP) is 3.50. The smallest absolute Gasteiger partial charge is 0.275 e. The van der Waals surface area contributed by atoms with Crippen molar-refractivity contribution in [1.29, 1.82) is 5.41 Å². The van der Waals surface area contributed by atoms with E-state index in [1.807, 2.05) is 0 Å². The fourth-order valence-corrected chi connectivity index (χ4v) is 4.89. The Labute approximate surface area is 242 Å². The van der Waals surface area contributed by atoms with Gasteiger partial charge in [-0.25, -0.2) is 28.1 Å². The van der Waals surface area contributed by atoms with Gasteiger partial charge in [0.05, 0.1) is 41.5 Å². The van der Waals surface area contributed by atoms with Gasteiger partial charge in [0.2, 0.25) is 11.9 Å². The van der Waals surface area contributed by atoms with Gasteiger partial charge in [-0.1, -0.05) is 17.7 Å². The summed E-state index contributed by atoms with van der Waals surface area (Å²) >= 11 is 5.78. The van der Waals surface area contributed by atoms with Crippen molar-refractivity contribution in [1.82, 2.24) is 30.6 Å². The van der Waals surface area contributed by atoms with Crippen LogP contribution in [0.5, 0.6) is 0 Å². The molecule has 0 spiro atoms. The van der Waals surface area contributed by atoms with Crippen LogP contribution in [-0.4, -0.2) is 56.2 Å². The van der Waals surface area contributed by atoms with Crippen LogP contribution >= 0.6 is 11.6 Å². The number of anilines is 1. The molecule has 218 valence electrons. The summed E-state index contributed by atoms with van der Waals surface area (Å²) in [7, 11) is 0. The third-order valence-electron chi connectivity index (χ3n) is 7.07. The Bertz CT molecular complexity index is 1600. The van der Waals surface area contributed by atoms with E-state index in [-0.39, 0.29) is 28.9 Å². The lowest BCUT2D eigenvalue weighted by Gasteiger charge is -2.20. The number of nitrogens with one attached hydrogen (secondary N) is 3. The Morgan fingerprint density at radius 3 is 2.69 bits per heavy atom. The summed E-state index contributed by atoms with van der Waals surface area (Å²) in [5.74, 6) is -1.26. The number of allylic oxidation sites excluding steroid dienone is 1. The molecule has 1 saturated carbocycles. The second-order valence-electron chi connectivity index (χ2n) is 9.78. The van der Waals surface area contributed by atoms with E-state index in [9.17, 15) is 27.9 Å². The van der Waals surface area contributed by atoms with Crippen LogP contribution < -0.4 is 15.5 Å². The molecule has 5 rings (SSSR count). The van der Waals surface area contributed by atoms with E-state index < -0.39 is 46.9 Å². The monoisotopic (exact) mass is 600 g/mol. The van der Waals surface area contributed by atoms with Gasteiger partial charge in [-0.3, -0.25) is 19.5 Å². The first-order chi connectivity index (χ1) is 20.1. The van der Waals surface area contributed by atoms with Crippen LogP contribution in [-0.2, 0) is 4.79 Å². The van der Waals surface area contributed by atoms with E-state index in [0.29, 0.717) is 29.7 Å². The lowest BCUT2D eigenvalue weighted by Crippen LogP contribution is -2.31. The number of piperidine rings is 1. The fraction of sp³-hybridized carbons (Fsp3) is 0.296. The normalized spacial score (nSPS) is 18.6. The Balaban J connectivity index is 1.31. The summed E-state index contributed by atoms with van der Waals surface area (Å²) in [5.41, 5.74) is -0.913. The van der Waals surface area contributed by atoms with E-state index in [0.717, 1.165) is 37.2 Å². The fourth-order valence-electron chi connectivity index (χ4n) is 4.74. The van der Waals surface area contributed by atoms with E-state index >= 15 is 0 Å². The summed E-state index contributed by atoms with van der Waals surface area (Å²) in [4.78, 5) is 43.3. The highest BCUT2D eigenvalue weighted by molar-refractivity contribution is 6.31. The molecule has 1 aromatic carbocycles. The maximum Gasteiger partial charge on any atom is 0.275 e. The van der Waals surface area contributed by atoms with Gasteiger partial charge in [0.15, 0.2) is 5.82 Å². The van der Waals surface area contributed by atoms with Crippen LogP contribution in [0.3, 0.4) is 0 Å². The Kier molecular flexibility index (Phi) is 8.18. The standard InChI is InChI=1S/C27H24ClF3N8O3/c1-12-17(7-35-27(36-12)39-10-13-4-16(13)26(39)42)21(11-40)34-6-14(5-32)37-25(41)20-9-33-8-19(38-20)22-15(24(30)31)2-3-18(28)23(22)29/h2-3,5-9,13,16,21,24,32,34,40H,4,10-11H2,1H3,(H,37,41)/b14-6+,32-5?/t13-,16-,21-/m0/s1. The van der Waals surface area contributed by atoms with Crippen molar-refractivity contribution in [2.75, 3.05) is 18.1 Å². The Morgan fingerprint density at radius 2 is 2.05 bits per heavy atom. The number of rotatable bonds is 10. The van der Waals surface area contributed by atoms with Crippen LogP contribution in [0.25, 0.3) is 11.3 Å². The number of benzene rings is 1. The molecule has 42 heavy (non-hydrogen) atoms. The van der Waals surface area contributed by atoms with Crippen LogP contribution in [0.1, 0.15) is 46.2 Å². The molecule has 2 aromatic heterocycles. The van der Waals surface area contributed by atoms with Gasteiger partial charge in [0, 0.05) is 53.5 Å². The van der Waals surface area contributed by atoms with Crippen molar-refractivity contribution in [3.8, 4) is 11.3 Å². The minimum atomic E-state index is -3.04. The molecule has 4 N–H and O–H groups in total. The lowest BCUT2D eigenvalue weighted by atomic mass is 10.0. The van der Waals surface area contributed by atoms with E-state index in [1.54, 1.807) is 11.8 Å². The number of hydrogen-bond acceptors (Lipinski definition) is 9. The molecule has 15 heteroatoms. The largest absolute Gasteiger partial charge is 0.394 e. The minimum Gasteiger partial charge on any atom is -0.394 e. The number of aliphatic hydroxyl groups excluding tert-OH is 1. The SMILES string of the molecule is Cc1nc(N2C[C@@H]3C[C@@H]3C2=O)ncc1[C@H](CO)N/C=C(\C=N)NC(=O)c1cncc(-c2c(C(F)F)ccc(Cl)c2F)n1. The number of alkyl halides is 2. The molecule has 0 radical (unpaired) electrons. The number of carbonyl (C=O) groups is 2. The second-order valence-corrected chi connectivity index (χ2v) is 10.2. The average molecular weight is 601 g/mol. The van der Waals surface area contributed by atoms with Gasteiger partial charge in [0.25, 0.3) is 12.3 Å². The predicted molar refractivity (Wildman–Crippen MR) is 145 cm³/mol. The maximum atomic E-state index is 14.7. The number of aliphatic hydroxyl groups is 1. The van der Waals surface area contributed by atoms with Crippen LogP contribution in [0.4, 0.5) is 19.1 Å². The Hall–Kier alpha value is -4.43. The summed E-state index contributed by atoms with van der Waals surface area (Å²) in [6.07, 6.45) is 3.52. The summed E-state index contributed by atoms with van der Waals surface area (Å²) in [5, 5.41) is 22.6. The number of amides is 2. The van der Waals surface area contributed by atoms with E-state index in [4.69, 9.17) is 17.0 Å². The molecule has 0 bridgehead atoms. The highest BCUT2D eigenvalue weighted by Crippen LogP contribution is 2.46. The highest BCUT2D eigenvalue weighted by Gasteiger charge is 2.53. The lowest BCUT2D eigenvalue weighted by molar-refractivity contribution is -0.118. The average Bonchev–Trinajstić information content (AvgIpc) is 3.69. The van der Waals surface area contributed by atoms with Crippen molar-refractivity contribution in [3.05, 3.63) is 76.0 Å². The first-order valence-electron chi connectivity index (χ1n) is 12.7. The molecule has 2 amide bonds. The van der Waals surface area contributed by atoms with Gasteiger partial charge in [0.1, 0.15) is 5.69 Å². The van der Waals surface area contributed by atoms with Crippen LogP contribution in [0.15, 0.2) is 42.6 Å². The number of hydrogen-bond donors (Lipinski definition) is 4. The van der Waals surface area contributed by atoms with Gasteiger partial charge in [-0.2, -0.15) is 0 Å². The molecule has 1 aliphatic carbocycles. The van der Waals surface area contributed by atoms with Gasteiger partial charge in [-0.15, -0.1) is 0 Å². The number of aromatic nitrogens is 4. The number of halogens is 4. The molecule has 2 fully saturated rings. The molecule has 2 aliphatic rings. The number of carbonyl (C=O) groups excluding carboxylic acids is 2. The quantitative estimate of drug-likeness (QED) is 0.258. The third kappa shape index (κ3) is 5.67. The van der Waals surface area contributed by atoms with Crippen LogP contribution in [0.2, 0.25) is 5.02 Å². The van der Waals surface area contributed by atoms with Crippen molar-refractivity contribution in [3.63, 3.8) is 0 Å². The molecule has 3 heterocycles. The van der Waals surface area contributed by atoms with E-state index in [1.165, 1.54) is 12.4 Å². The summed E-state index contributed by atoms with van der Waals surface area (Å²) < 4.78 is 41.8. The molecule has 11 nitrogen and oxygen atoms in total. The topological polar surface area (TPSA) is 157 Å². The first kappa shape index (κ1) is 29.1. The van der Waals surface area contributed by atoms with Crippen LogP contribution in [0, 0.1) is 30.0 Å². The molecular formula is C27H24ClF3N8O3. The number of fused-ring (bicyclic) bond motifs is 1. The maximum absolute atomic E-state index is 14.7. The van der Waals surface area contributed by atoms with Gasteiger partial charge >= 0.3 is 0 Å². The zero-order valence-corrected chi connectivity index (χ0v) is 22.7. The molecule has 1 aliphatic heterocycles. The highest BCUT2D eigenvalue weighted by atomic mass is 35.5. The second kappa shape index (κ2) is 11.8. The van der Waals surface area contributed by atoms with Crippen molar-refractivity contribution in [2.45, 2.75) is 25.8 Å². The molecular weight excluding hydrogens is 577 g/mol. The van der Waals surface area contributed by atoms with Gasteiger partial charge in [-0.05, 0) is 25.3 Å². The molecule has 0 unspecified atom stereocenters. The minimum absolute atomic E-state index is 0.0145. The third-order valence-corrected chi connectivity index (χ3v) is 7.36. The molecule has 3 aromatic rings. The van der Waals surface area contributed by atoms with Gasteiger partial charge < -0.3 is 21.1 Å². The molecule has 3 atom stereocenters. The first-order valence-corrected chi connectivity index (χ1v) is 13.1. The van der Waals surface area contributed by atoms with Crippen molar-refractivity contribution in [2.24, 2.45) is 11.8 Å². The number of aryl methyl sites for hydroxylation is 1. The van der Waals surface area contributed by atoms with Crippen molar-refractivity contribution < 1.29 is 27.9 Å². The molecule has 1 saturated heterocycles. The van der Waals surface area contributed by atoms with Crippen molar-refractivity contribution >= 4 is 35.6 Å². The zero-order chi connectivity index (χ0) is 30.1. The van der Waals surface area contributed by atoms with E-state index in [2.05, 4.69) is 30.6 Å². The summed E-state index contributed by atoms with van der Waals surface area (Å²) in [6.45, 7) is 1.91. The number of nitrogens with zero attached hydrogens (tertiary/aromatic N) is 5. The summed E-state index contributed by atoms with van der Waals surface area (Å²) in [6, 6.07) is 1.24. The Morgan fingerprint density at radius 1 is 1.26 bits per heavy atom.